The van der Waals surface area contributed by atoms with Crippen LogP contribution in [0.1, 0.15) is 29.1 Å². The van der Waals surface area contributed by atoms with Crippen molar-refractivity contribution in [3.05, 3.63) is 35.1 Å². The van der Waals surface area contributed by atoms with Gasteiger partial charge in [-0.05, 0) is 30.9 Å². The molecular weight excluding hydrogens is 262 g/mol. The summed E-state index contributed by atoms with van der Waals surface area (Å²) in [6.07, 6.45) is 4.47. The highest BCUT2D eigenvalue weighted by Crippen LogP contribution is 2.25. The van der Waals surface area contributed by atoms with Crippen LogP contribution in [0.2, 0.25) is 0 Å². The van der Waals surface area contributed by atoms with Crippen LogP contribution >= 0.6 is 12.2 Å². The number of aryl methyl sites for hydroxylation is 2. The Hall–Kier alpha value is -2.02. The van der Waals surface area contributed by atoms with Gasteiger partial charge in [0, 0.05) is 5.69 Å². The Balaban J connectivity index is 1.88. The van der Waals surface area contributed by atoms with Crippen molar-refractivity contribution in [3.63, 3.8) is 0 Å². The van der Waals surface area contributed by atoms with Gasteiger partial charge in [0.25, 0.3) is 0 Å². The van der Waals surface area contributed by atoms with E-state index in [-0.39, 0.29) is 0 Å². The molecule has 1 aliphatic rings. The fourth-order valence-corrected chi connectivity index (χ4v) is 2.38. The summed E-state index contributed by atoms with van der Waals surface area (Å²) < 4.78 is 4.68. The summed E-state index contributed by atoms with van der Waals surface area (Å²) in [6, 6.07) is 2.04. The topological polar surface area (TPSA) is 89.9 Å². The Labute approximate surface area is 115 Å². The van der Waals surface area contributed by atoms with Crippen LogP contribution < -0.4 is 11.1 Å². The van der Waals surface area contributed by atoms with E-state index in [9.17, 15) is 0 Å². The van der Waals surface area contributed by atoms with E-state index in [0.29, 0.717) is 23.2 Å². The van der Waals surface area contributed by atoms with Gasteiger partial charge in [-0.15, -0.1) is 0 Å². The first-order valence-corrected chi connectivity index (χ1v) is 6.46. The molecule has 3 N–H and O–H groups in total. The average Bonchev–Trinajstić information content (AvgIpc) is 3.05. The molecule has 0 atom stereocenters. The predicted molar refractivity (Wildman–Crippen MR) is 73.8 cm³/mol. The zero-order valence-corrected chi connectivity index (χ0v) is 11.0. The van der Waals surface area contributed by atoms with Crippen LogP contribution in [0.3, 0.4) is 0 Å². The number of hydrogen-bond donors (Lipinski definition) is 2. The van der Waals surface area contributed by atoms with Crippen molar-refractivity contribution in [1.82, 2.24) is 15.1 Å². The molecule has 19 heavy (non-hydrogen) atoms. The Kier molecular flexibility index (Phi) is 3.12. The third kappa shape index (κ3) is 2.41. The van der Waals surface area contributed by atoms with Crippen molar-refractivity contribution < 1.29 is 4.52 Å². The molecule has 0 aromatic carbocycles. The van der Waals surface area contributed by atoms with Gasteiger partial charge < -0.3 is 15.6 Å². The van der Waals surface area contributed by atoms with Crippen molar-refractivity contribution in [3.8, 4) is 0 Å². The highest BCUT2D eigenvalue weighted by Gasteiger charge is 2.17. The van der Waals surface area contributed by atoms with Crippen molar-refractivity contribution in [2.45, 2.75) is 25.8 Å². The molecule has 0 bridgehead atoms. The van der Waals surface area contributed by atoms with Crippen LogP contribution in [0.15, 0.2) is 17.0 Å². The van der Waals surface area contributed by atoms with Gasteiger partial charge in [0.15, 0.2) is 5.82 Å². The first-order valence-electron chi connectivity index (χ1n) is 6.06. The molecule has 6 nitrogen and oxygen atoms in total. The summed E-state index contributed by atoms with van der Waals surface area (Å²) in [4.78, 5) is 8.90. The third-order valence-corrected chi connectivity index (χ3v) is 3.36. The minimum atomic E-state index is 0.345. The monoisotopic (exact) mass is 275 g/mol. The maximum atomic E-state index is 5.76. The second kappa shape index (κ2) is 4.93. The Morgan fingerprint density at radius 3 is 3.11 bits per heavy atom. The molecule has 0 unspecified atom stereocenters. The van der Waals surface area contributed by atoms with Crippen molar-refractivity contribution in [2.24, 2.45) is 5.73 Å². The minimum Gasteiger partial charge on any atom is -0.389 e. The maximum absolute atomic E-state index is 5.76. The molecule has 7 heteroatoms. The van der Waals surface area contributed by atoms with E-state index in [1.807, 2.05) is 6.07 Å². The van der Waals surface area contributed by atoms with Gasteiger partial charge >= 0.3 is 0 Å². The molecule has 2 heterocycles. The number of nitrogens with zero attached hydrogens (tertiary/aromatic N) is 3. The van der Waals surface area contributed by atoms with Crippen LogP contribution in [0.4, 0.5) is 5.82 Å². The highest BCUT2D eigenvalue weighted by atomic mass is 32.1. The van der Waals surface area contributed by atoms with Crippen LogP contribution in [-0.4, -0.2) is 20.1 Å². The summed E-state index contributed by atoms with van der Waals surface area (Å²) in [5.74, 6) is 1.26. The third-order valence-electron chi connectivity index (χ3n) is 3.14. The van der Waals surface area contributed by atoms with Gasteiger partial charge in [0.05, 0.1) is 12.1 Å². The molecule has 0 aliphatic heterocycles. The highest BCUT2D eigenvalue weighted by molar-refractivity contribution is 7.80. The van der Waals surface area contributed by atoms with Crippen LogP contribution in [0.25, 0.3) is 0 Å². The van der Waals surface area contributed by atoms with E-state index in [1.54, 1.807) is 0 Å². The second-order valence-electron chi connectivity index (χ2n) is 4.41. The van der Waals surface area contributed by atoms with E-state index < -0.39 is 0 Å². The van der Waals surface area contributed by atoms with Gasteiger partial charge in [-0.2, -0.15) is 4.98 Å². The minimum absolute atomic E-state index is 0.345. The number of hydrogen-bond acceptors (Lipinski definition) is 6. The summed E-state index contributed by atoms with van der Waals surface area (Å²) in [5, 5.41) is 6.90. The second-order valence-corrected chi connectivity index (χ2v) is 4.85. The van der Waals surface area contributed by atoms with Crippen molar-refractivity contribution in [1.29, 1.82) is 0 Å². The zero-order chi connectivity index (χ0) is 13.2. The molecule has 0 fully saturated rings. The number of thiocarbonyl (C=S) groups is 1. The summed E-state index contributed by atoms with van der Waals surface area (Å²) in [6.45, 7) is 0.428. The largest absolute Gasteiger partial charge is 0.389 e. The molecule has 0 saturated carbocycles. The Morgan fingerprint density at radius 2 is 2.37 bits per heavy atom. The quantitative estimate of drug-likeness (QED) is 0.810. The Bertz CT molecular complexity index is 611. The van der Waals surface area contributed by atoms with Crippen molar-refractivity contribution >= 4 is 23.0 Å². The average molecular weight is 275 g/mol. The molecule has 0 amide bonds. The van der Waals surface area contributed by atoms with E-state index in [1.165, 1.54) is 12.0 Å². The smallest absolute Gasteiger partial charge is 0.213 e. The van der Waals surface area contributed by atoms with Crippen LogP contribution in [-0.2, 0) is 19.4 Å². The number of fused-ring (bicyclic) bond motifs is 1. The molecule has 1 aliphatic carbocycles. The van der Waals surface area contributed by atoms with E-state index >= 15 is 0 Å². The normalized spacial score (nSPS) is 13.3. The van der Waals surface area contributed by atoms with Crippen LogP contribution in [0, 0.1) is 0 Å². The number of nitrogens with two attached hydrogens (primary N) is 1. The molecule has 98 valence electrons. The predicted octanol–water partition coefficient (Wildman–Crippen LogP) is 1.20. The summed E-state index contributed by atoms with van der Waals surface area (Å²) in [7, 11) is 0. The fraction of sp³-hybridized carbons (Fsp3) is 0.333. The molecule has 0 saturated heterocycles. The summed E-state index contributed by atoms with van der Waals surface area (Å²) >= 11 is 5.08. The van der Waals surface area contributed by atoms with Crippen LogP contribution in [0.5, 0.6) is 0 Å². The van der Waals surface area contributed by atoms with E-state index in [4.69, 9.17) is 18.0 Å². The van der Waals surface area contributed by atoms with E-state index in [0.717, 1.165) is 30.5 Å². The SMILES string of the molecule is NC(=S)c1cc2c(nc1NCc1ncon1)CCC2. The number of anilines is 1. The lowest BCUT2D eigenvalue weighted by Gasteiger charge is -2.11. The molecule has 2 aromatic rings. The van der Waals surface area contributed by atoms with E-state index in [2.05, 4.69) is 25.0 Å². The number of rotatable bonds is 4. The fourth-order valence-electron chi connectivity index (χ4n) is 2.23. The van der Waals surface area contributed by atoms with Gasteiger partial charge in [0.1, 0.15) is 10.8 Å². The van der Waals surface area contributed by atoms with Gasteiger partial charge in [0.2, 0.25) is 6.39 Å². The van der Waals surface area contributed by atoms with Gasteiger partial charge in [-0.1, -0.05) is 17.4 Å². The van der Waals surface area contributed by atoms with Gasteiger partial charge in [-0.3, -0.25) is 0 Å². The number of pyridine rings is 1. The number of nitrogens with one attached hydrogen (secondary N) is 1. The first kappa shape index (κ1) is 12.0. The van der Waals surface area contributed by atoms with Gasteiger partial charge in [-0.25, -0.2) is 4.98 Å². The van der Waals surface area contributed by atoms with Crippen molar-refractivity contribution in [2.75, 3.05) is 5.32 Å². The molecule has 0 radical (unpaired) electrons. The number of aromatic nitrogens is 3. The summed E-state index contributed by atoms with van der Waals surface area (Å²) in [5.41, 5.74) is 8.90. The molecule has 2 aromatic heterocycles. The first-order chi connectivity index (χ1) is 9.24. The molecular formula is C12H13N5OS. The lowest BCUT2D eigenvalue weighted by Crippen LogP contribution is -2.16. The zero-order valence-electron chi connectivity index (χ0n) is 10.2. The Morgan fingerprint density at radius 1 is 1.47 bits per heavy atom. The maximum Gasteiger partial charge on any atom is 0.213 e. The molecule has 3 rings (SSSR count). The molecule has 0 spiro atoms. The lowest BCUT2D eigenvalue weighted by atomic mass is 10.1. The standard InChI is InChI=1S/C12H13N5OS/c13-11(19)8-4-7-2-1-3-9(7)16-12(8)14-5-10-15-6-18-17-10/h4,6H,1-3,5H2,(H2,13,19)(H,14,16). The lowest BCUT2D eigenvalue weighted by molar-refractivity contribution is 0.411.